The zero-order valence-corrected chi connectivity index (χ0v) is 12.3. The maximum atomic E-state index is 12.2. The first kappa shape index (κ1) is 14.6. The highest BCUT2D eigenvalue weighted by molar-refractivity contribution is 6.04. The fourth-order valence-electron chi connectivity index (χ4n) is 2.72. The number of benzene rings is 1. The Morgan fingerprint density at radius 2 is 2.00 bits per heavy atom. The van der Waals surface area contributed by atoms with E-state index < -0.39 is 5.91 Å². The summed E-state index contributed by atoms with van der Waals surface area (Å²) in [7, 11) is 0. The van der Waals surface area contributed by atoms with E-state index in [2.05, 4.69) is 19.2 Å². The van der Waals surface area contributed by atoms with Crippen LogP contribution in [0.3, 0.4) is 0 Å². The highest BCUT2D eigenvalue weighted by Crippen LogP contribution is 2.47. The average molecular weight is 274 g/mol. The smallest absolute Gasteiger partial charge is 0.251 e. The lowest BCUT2D eigenvalue weighted by atomic mass is 9.83. The summed E-state index contributed by atoms with van der Waals surface area (Å²) in [5.74, 6) is 0.0659. The monoisotopic (exact) mass is 274 g/mol. The Bertz CT molecular complexity index is 545. The van der Waals surface area contributed by atoms with Crippen LogP contribution in [0.1, 0.15) is 49.0 Å². The van der Waals surface area contributed by atoms with Crippen molar-refractivity contribution in [2.75, 3.05) is 5.32 Å². The SMILES string of the molecule is Cc1cccc(NC(=O)CC(C)(C)C2CC2)c1C(N)=O. The number of nitrogens with one attached hydrogen (secondary N) is 1. The van der Waals surface area contributed by atoms with Crippen LogP contribution in [0.15, 0.2) is 18.2 Å². The van der Waals surface area contributed by atoms with E-state index >= 15 is 0 Å². The Hall–Kier alpha value is -1.84. The minimum absolute atomic E-state index is 0.0147. The Balaban J connectivity index is 2.12. The number of aryl methyl sites for hydroxylation is 1. The van der Waals surface area contributed by atoms with Crippen molar-refractivity contribution >= 4 is 17.5 Å². The second-order valence-corrected chi connectivity index (χ2v) is 6.35. The molecule has 3 N–H and O–H groups in total. The summed E-state index contributed by atoms with van der Waals surface area (Å²) in [6.07, 6.45) is 2.87. The molecule has 1 fully saturated rings. The van der Waals surface area contributed by atoms with E-state index in [0.717, 1.165) is 5.56 Å². The molecule has 108 valence electrons. The van der Waals surface area contributed by atoms with Crippen LogP contribution in [0.2, 0.25) is 0 Å². The summed E-state index contributed by atoms with van der Waals surface area (Å²) in [6.45, 7) is 6.05. The third-order valence-electron chi connectivity index (χ3n) is 4.09. The highest BCUT2D eigenvalue weighted by atomic mass is 16.2. The molecule has 1 aromatic carbocycles. The molecule has 4 nitrogen and oxygen atoms in total. The lowest BCUT2D eigenvalue weighted by Crippen LogP contribution is -2.25. The maximum Gasteiger partial charge on any atom is 0.251 e. The van der Waals surface area contributed by atoms with Crippen LogP contribution < -0.4 is 11.1 Å². The van der Waals surface area contributed by atoms with Gasteiger partial charge in [-0.2, -0.15) is 0 Å². The van der Waals surface area contributed by atoms with E-state index in [1.165, 1.54) is 12.8 Å². The predicted molar refractivity (Wildman–Crippen MR) is 79.4 cm³/mol. The van der Waals surface area contributed by atoms with Gasteiger partial charge in [0.1, 0.15) is 0 Å². The number of hydrogen-bond acceptors (Lipinski definition) is 2. The van der Waals surface area contributed by atoms with Crippen LogP contribution in [0.4, 0.5) is 5.69 Å². The number of carbonyl (C=O) groups excluding carboxylic acids is 2. The third kappa shape index (κ3) is 3.18. The minimum Gasteiger partial charge on any atom is -0.366 e. The van der Waals surface area contributed by atoms with Gasteiger partial charge in [0.25, 0.3) is 5.91 Å². The molecule has 1 aliphatic carbocycles. The quantitative estimate of drug-likeness (QED) is 0.866. The Labute approximate surface area is 119 Å². The fraction of sp³-hybridized carbons (Fsp3) is 0.500. The van der Waals surface area contributed by atoms with Crippen LogP contribution in [-0.4, -0.2) is 11.8 Å². The first-order chi connectivity index (χ1) is 9.31. The summed E-state index contributed by atoms with van der Waals surface area (Å²) >= 11 is 0. The number of primary amides is 1. The molecule has 2 rings (SSSR count). The molecular formula is C16H22N2O2. The molecule has 4 heteroatoms. The molecule has 1 aromatic rings. The van der Waals surface area contributed by atoms with Gasteiger partial charge < -0.3 is 11.1 Å². The number of nitrogens with two attached hydrogens (primary N) is 1. The molecule has 0 aromatic heterocycles. The molecule has 0 bridgehead atoms. The lowest BCUT2D eigenvalue weighted by Gasteiger charge is -2.23. The normalized spacial score (nSPS) is 14.9. The molecule has 0 spiro atoms. The van der Waals surface area contributed by atoms with Crippen molar-refractivity contribution in [3.63, 3.8) is 0 Å². The molecule has 0 saturated heterocycles. The first-order valence-corrected chi connectivity index (χ1v) is 7.00. The number of amides is 2. The Morgan fingerprint density at radius 1 is 1.35 bits per heavy atom. The number of carbonyl (C=O) groups is 2. The minimum atomic E-state index is -0.514. The lowest BCUT2D eigenvalue weighted by molar-refractivity contribution is -0.118. The van der Waals surface area contributed by atoms with Crippen LogP contribution in [0.5, 0.6) is 0 Å². The van der Waals surface area contributed by atoms with E-state index in [9.17, 15) is 9.59 Å². The van der Waals surface area contributed by atoms with Gasteiger partial charge in [-0.1, -0.05) is 26.0 Å². The van der Waals surface area contributed by atoms with Gasteiger partial charge in [-0.25, -0.2) is 0 Å². The predicted octanol–water partition coefficient (Wildman–Crippen LogP) is 2.86. The fourth-order valence-corrected chi connectivity index (χ4v) is 2.72. The molecule has 20 heavy (non-hydrogen) atoms. The summed E-state index contributed by atoms with van der Waals surface area (Å²) < 4.78 is 0. The number of anilines is 1. The maximum absolute atomic E-state index is 12.2. The van der Waals surface area contributed by atoms with Crippen molar-refractivity contribution in [3.05, 3.63) is 29.3 Å². The molecule has 0 aliphatic heterocycles. The molecule has 1 saturated carbocycles. The van der Waals surface area contributed by atoms with Crippen molar-refractivity contribution in [2.24, 2.45) is 17.1 Å². The van der Waals surface area contributed by atoms with Gasteiger partial charge in [-0.3, -0.25) is 9.59 Å². The van der Waals surface area contributed by atoms with Crippen molar-refractivity contribution in [3.8, 4) is 0 Å². The first-order valence-electron chi connectivity index (χ1n) is 7.00. The molecule has 2 amide bonds. The van der Waals surface area contributed by atoms with E-state index in [0.29, 0.717) is 23.6 Å². The van der Waals surface area contributed by atoms with Gasteiger partial charge in [0.05, 0.1) is 11.3 Å². The number of rotatable bonds is 5. The van der Waals surface area contributed by atoms with Gasteiger partial charge >= 0.3 is 0 Å². The Kier molecular flexibility index (Phi) is 3.84. The standard InChI is InChI=1S/C16H22N2O2/c1-10-5-4-6-12(14(10)15(17)20)18-13(19)9-16(2,3)11-7-8-11/h4-6,11H,7-9H2,1-3H3,(H2,17,20)(H,18,19). The van der Waals surface area contributed by atoms with Gasteiger partial charge in [-0.15, -0.1) is 0 Å². The molecule has 0 radical (unpaired) electrons. The zero-order valence-electron chi connectivity index (χ0n) is 12.3. The van der Waals surface area contributed by atoms with Gasteiger partial charge in [0.15, 0.2) is 0 Å². The van der Waals surface area contributed by atoms with Crippen LogP contribution in [-0.2, 0) is 4.79 Å². The summed E-state index contributed by atoms with van der Waals surface area (Å²) in [5, 5.41) is 2.83. The molecule has 0 heterocycles. The molecular weight excluding hydrogens is 252 g/mol. The summed E-state index contributed by atoms with van der Waals surface area (Å²) in [5.41, 5.74) is 7.08. The van der Waals surface area contributed by atoms with Crippen molar-refractivity contribution in [1.29, 1.82) is 0 Å². The van der Waals surface area contributed by atoms with E-state index in [1.807, 2.05) is 19.1 Å². The largest absolute Gasteiger partial charge is 0.366 e. The highest BCUT2D eigenvalue weighted by Gasteiger charge is 2.39. The second kappa shape index (κ2) is 5.27. The van der Waals surface area contributed by atoms with Crippen LogP contribution in [0, 0.1) is 18.3 Å². The summed E-state index contributed by atoms with van der Waals surface area (Å²) in [6, 6.07) is 5.34. The van der Waals surface area contributed by atoms with E-state index in [1.54, 1.807) is 6.07 Å². The molecule has 0 unspecified atom stereocenters. The topological polar surface area (TPSA) is 72.2 Å². The second-order valence-electron chi connectivity index (χ2n) is 6.35. The number of hydrogen-bond donors (Lipinski definition) is 2. The van der Waals surface area contributed by atoms with Crippen molar-refractivity contribution in [1.82, 2.24) is 0 Å². The van der Waals surface area contributed by atoms with Gasteiger partial charge in [0.2, 0.25) is 5.91 Å². The molecule has 0 atom stereocenters. The average Bonchev–Trinajstić information content (AvgIpc) is 3.10. The van der Waals surface area contributed by atoms with Crippen molar-refractivity contribution < 1.29 is 9.59 Å². The summed E-state index contributed by atoms with van der Waals surface area (Å²) in [4.78, 5) is 23.7. The third-order valence-corrected chi connectivity index (χ3v) is 4.09. The van der Waals surface area contributed by atoms with E-state index in [-0.39, 0.29) is 11.3 Å². The zero-order chi connectivity index (χ0) is 14.9. The van der Waals surface area contributed by atoms with Crippen molar-refractivity contribution in [2.45, 2.75) is 40.0 Å². The van der Waals surface area contributed by atoms with E-state index in [4.69, 9.17) is 5.73 Å². The van der Waals surface area contributed by atoms with Gasteiger partial charge in [-0.05, 0) is 42.7 Å². The molecule has 1 aliphatic rings. The van der Waals surface area contributed by atoms with Gasteiger partial charge in [0, 0.05) is 6.42 Å². The van der Waals surface area contributed by atoms with Crippen LogP contribution in [0.25, 0.3) is 0 Å². The van der Waals surface area contributed by atoms with Crippen LogP contribution >= 0.6 is 0 Å². The Morgan fingerprint density at radius 3 is 2.55 bits per heavy atom.